The van der Waals surface area contributed by atoms with Gasteiger partial charge >= 0.3 is 0 Å². The van der Waals surface area contributed by atoms with Gasteiger partial charge in [-0.25, -0.2) is 17.2 Å². The average molecular weight is 424 g/mol. The molecule has 0 radical (unpaired) electrons. The summed E-state index contributed by atoms with van der Waals surface area (Å²) in [5.74, 6) is -1.62. The summed E-state index contributed by atoms with van der Waals surface area (Å²) in [6, 6.07) is 8.37. The van der Waals surface area contributed by atoms with E-state index >= 15 is 0 Å². The lowest BCUT2D eigenvalue weighted by Crippen LogP contribution is -2.45. The number of benzene rings is 2. The van der Waals surface area contributed by atoms with Crippen molar-refractivity contribution in [3.05, 3.63) is 54.1 Å². The van der Waals surface area contributed by atoms with E-state index in [1.165, 1.54) is 23.5 Å². The first-order chi connectivity index (χ1) is 13.8. The second-order valence-corrected chi connectivity index (χ2v) is 8.71. The van der Waals surface area contributed by atoms with Crippen molar-refractivity contribution in [3.8, 4) is 5.75 Å². The lowest BCUT2D eigenvalue weighted by atomic mass is 10.0. The maximum atomic E-state index is 13.8. The lowest BCUT2D eigenvalue weighted by molar-refractivity contribution is -0.117. The second-order valence-electron chi connectivity index (χ2n) is 6.82. The Morgan fingerprint density at radius 2 is 1.90 bits per heavy atom. The average Bonchev–Trinajstić information content (AvgIpc) is 2.70. The van der Waals surface area contributed by atoms with Crippen LogP contribution in [-0.4, -0.2) is 38.3 Å². The minimum absolute atomic E-state index is 0.119. The molecular weight excluding hydrogens is 402 g/mol. The molecule has 1 heterocycles. The molecule has 0 aliphatic carbocycles. The number of amides is 1. The number of nitrogens with zero attached hydrogens (tertiary/aromatic N) is 1. The van der Waals surface area contributed by atoms with E-state index in [0.717, 1.165) is 18.6 Å². The molecule has 156 valence electrons. The highest BCUT2D eigenvalue weighted by Crippen LogP contribution is 2.28. The Bertz CT molecular complexity index is 980. The third-order valence-corrected chi connectivity index (χ3v) is 6.83. The fraction of sp³-hybridized carbons (Fsp3) is 0.350. The minimum atomic E-state index is -3.79. The summed E-state index contributed by atoms with van der Waals surface area (Å²) in [7, 11) is -2.30. The van der Waals surface area contributed by atoms with Crippen LogP contribution < -0.4 is 10.1 Å². The normalized spacial score (nSPS) is 17.7. The molecule has 0 bridgehead atoms. The monoisotopic (exact) mass is 424 g/mol. The van der Waals surface area contributed by atoms with Crippen LogP contribution >= 0.6 is 0 Å². The fourth-order valence-corrected chi connectivity index (χ4v) is 5.08. The lowest BCUT2D eigenvalue weighted by Gasteiger charge is -2.34. The third-order valence-electron chi connectivity index (χ3n) is 4.87. The molecule has 29 heavy (non-hydrogen) atoms. The molecular formula is C20H22F2N2O4S. The smallest absolute Gasteiger partial charge is 0.243 e. The molecule has 9 heteroatoms. The van der Waals surface area contributed by atoms with E-state index in [1.807, 2.05) is 0 Å². The van der Waals surface area contributed by atoms with Crippen molar-refractivity contribution in [2.24, 2.45) is 0 Å². The van der Waals surface area contributed by atoms with Crippen LogP contribution in [0.25, 0.3) is 0 Å². The van der Waals surface area contributed by atoms with Gasteiger partial charge in [0.2, 0.25) is 15.9 Å². The maximum absolute atomic E-state index is 13.8. The van der Waals surface area contributed by atoms with Gasteiger partial charge in [-0.2, -0.15) is 4.31 Å². The van der Waals surface area contributed by atoms with Gasteiger partial charge in [0.1, 0.15) is 17.4 Å². The highest BCUT2D eigenvalue weighted by Gasteiger charge is 2.34. The van der Waals surface area contributed by atoms with Crippen molar-refractivity contribution in [2.45, 2.75) is 36.6 Å². The van der Waals surface area contributed by atoms with Crippen molar-refractivity contribution in [1.29, 1.82) is 0 Å². The van der Waals surface area contributed by atoms with Crippen molar-refractivity contribution in [1.82, 2.24) is 4.31 Å². The van der Waals surface area contributed by atoms with Crippen LogP contribution in [0.3, 0.4) is 0 Å². The topological polar surface area (TPSA) is 75.7 Å². The van der Waals surface area contributed by atoms with E-state index in [1.54, 1.807) is 12.1 Å². The Labute approximate surface area is 168 Å². The van der Waals surface area contributed by atoms with Crippen LogP contribution in [0.5, 0.6) is 5.75 Å². The molecule has 6 nitrogen and oxygen atoms in total. The van der Waals surface area contributed by atoms with Crippen LogP contribution in [-0.2, 0) is 14.8 Å². The van der Waals surface area contributed by atoms with Crippen molar-refractivity contribution in [3.63, 3.8) is 0 Å². The Hall–Kier alpha value is -2.52. The number of anilines is 1. The number of piperidine rings is 1. The van der Waals surface area contributed by atoms with Gasteiger partial charge in [-0.3, -0.25) is 4.79 Å². The Morgan fingerprint density at radius 3 is 2.55 bits per heavy atom. The van der Waals surface area contributed by atoms with Crippen LogP contribution in [0.15, 0.2) is 47.4 Å². The molecule has 1 atom stereocenters. The van der Waals surface area contributed by atoms with Gasteiger partial charge < -0.3 is 10.1 Å². The summed E-state index contributed by atoms with van der Waals surface area (Å²) in [5, 5.41) is 2.39. The zero-order valence-electron chi connectivity index (χ0n) is 15.9. The van der Waals surface area contributed by atoms with E-state index in [0.29, 0.717) is 31.2 Å². The zero-order valence-corrected chi connectivity index (χ0v) is 16.7. The van der Waals surface area contributed by atoms with Crippen LogP contribution in [0, 0.1) is 11.6 Å². The number of ether oxygens (including phenoxy) is 1. The van der Waals surface area contributed by atoms with Gasteiger partial charge in [0.05, 0.1) is 17.7 Å². The predicted octanol–water partition coefficient (Wildman–Crippen LogP) is 3.55. The summed E-state index contributed by atoms with van der Waals surface area (Å²) in [5.41, 5.74) is -0.142. The molecule has 2 aromatic rings. The van der Waals surface area contributed by atoms with Gasteiger partial charge in [0.15, 0.2) is 0 Å². The summed E-state index contributed by atoms with van der Waals surface area (Å²) in [4.78, 5) is 12.5. The fourth-order valence-electron chi connectivity index (χ4n) is 3.38. The Balaban J connectivity index is 1.75. The first kappa shape index (κ1) is 21.2. The van der Waals surface area contributed by atoms with Gasteiger partial charge in [0, 0.05) is 25.1 Å². The molecule has 3 rings (SSSR count). The number of carbonyl (C=O) groups is 1. The van der Waals surface area contributed by atoms with Crippen LogP contribution in [0.2, 0.25) is 0 Å². The number of halogens is 2. The quantitative estimate of drug-likeness (QED) is 0.770. The number of sulfonamides is 1. The largest absolute Gasteiger partial charge is 0.497 e. The molecule has 0 saturated carbocycles. The molecule has 1 fully saturated rings. The third kappa shape index (κ3) is 4.91. The SMILES string of the molecule is COc1ccc(S(=O)(=O)N2CCCC[C@H]2CC(=O)Nc2ccc(F)cc2F)cc1. The van der Waals surface area contributed by atoms with Crippen molar-refractivity contribution >= 4 is 21.6 Å². The standard InChI is InChI=1S/C20H22F2N2O4S/c1-28-16-6-8-17(9-7-16)29(26,27)24-11-3-2-4-15(24)13-20(25)23-19-10-5-14(21)12-18(19)22/h5-10,12,15H,2-4,11,13H2,1H3,(H,23,25)/t15-/m0/s1. The highest BCUT2D eigenvalue weighted by atomic mass is 32.2. The second kappa shape index (κ2) is 8.87. The van der Waals surface area contributed by atoms with E-state index in [2.05, 4.69) is 5.32 Å². The summed E-state index contributed by atoms with van der Waals surface area (Å²) >= 11 is 0. The summed E-state index contributed by atoms with van der Waals surface area (Å²) in [6.45, 7) is 0.303. The molecule has 1 aliphatic rings. The van der Waals surface area contributed by atoms with Crippen LogP contribution in [0.4, 0.5) is 14.5 Å². The zero-order chi connectivity index (χ0) is 21.0. The van der Waals surface area contributed by atoms with Gasteiger partial charge in [-0.05, 0) is 49.2 Å². The van der Waals surface area contributed by atoms with E-state index in [-0.39, 0.29) is 17.0 Å². The van der Waals surface area contributed by atoms with E-state index < -0.39 is 33.6 Å². The van der Waals surface area contributed by atoms with Crippen molar-refractivity contribution < 1.29 is 26.7 Å². The predicted molar refractivity (Wildman–Crippen MR) is 104 cm³/mol. The molecule has 1 saturated heterocycles. The Kier molecular flexibility index (Phi) is 6.49. The molecule has 1 aliphatic heterocycles. The number of carbonyl (C=O) groups excluding carboxylic acids is 1. The van der Waals surface area contributed by atoms with Gasteiger partial charge in [-0.15, -0.1) is 0 Å². The number of rotatable bonds is 6. The van der Waals surface area contributed by atoms with Gasteiger partial charge in [-0.1, -0.05) is 6.42 Å². The summed E-state index contributed by atoms with van der Waals surface area (Å²) < 4.78 is 59.3. The number of methoxy groups -OCH3 is 1. The molecule has 0 aromatic heterocycles. The minimum Gasteiger partial charge on any atom is -0.497 e. The highest BCUT2D eigenvalue weighted by molar-refractivity contribution is 7.89. The van der Waals surface area contributed by atoms with E-state index in [9.17, 15) is 22.0 Å². The van der Waals surface area contributed by atoms with Crippen LogP contribution in [0.1, 0.15) is 25.7 Å². The molecule has 2 aromatic carbocycles. The molecule has 1 amide bonds. The maximum Gasteiger partial charge on any atom is 0.243 e. The molecule has 0 unspecified atom stereocenters. The van der Waals surface area contributed by atoms with Gasteiger partial charge in [0.25, 0.3) is 0 Å². The molecule has 1 N–H and O–H groups in total. The first-order valence-corrected chi connectivity index (χ1v) is 10.7. The number of hydrogen-bond acceptors (Lipinski definition) is 4. The van der Waals surface area contributed by atoms with E-state index in [4.69, 9.17) is 4.74 Å². The van der Waals surface area contributed by atoms with Crippen molar-refractivity contribution in [2.75, 3.05) is 19.0 Å². The number of hydrogen-bond donors (Lipinski definition) is 1. The number of nitrogens with one attached hydrogen (secondary N) is 1. The molecule has 0 spiro atoms. The first-order valence-electron chi connectivity index (χ1n) is 9.22. The Morgan fingerprint density at radius 1 is 1.17 bits per heavy atom. The summed E-state index contributed by atoms with van der Waals surface area (Å²) in [6.07, 6.45) is 1.89.